The van der Waals surface area contributed by atoms with Gasteiger partial charge in [-0.3, -0.25) is 4.68 Å². The quantitative estimate of drug-likeness (QED) is 0.819. The van der Waals surface area contributed by atoms with E-state index in [0.29, 0.717) is 0 Å². The van der Waals surface area contributed by atoms with E-state index in [1.807, 2.05) is 37.1 Å². The van der Waals surface area contributed by atoms with E-state index in [1.54, 1.807) is 12.1 Å². The fraction of sp³-hybridized carbons (Fsp3) is 0.250. The van der Waals surface area contributed by atoms with E-state index in [1.165, 1.54) is 0 Å². The molecule has 2 rings (SSSR count). The molecule has 0 aliphatic heterocycles. The highest BCUT2D eigenvalue weighted by Crippen LogP contribution is 2.25. The van der Waals surface area contributed by atoms with Crippen molar-refractivity contribution < 1.29 is 5.11 Å². The second-order valence-electron chi connectivity index (χ2n) is 3.72. The summed E-state index contributed by atoms with van der Waals surface area (Å²) in [6.07, 6.45) is 1.84. The first-order chi connectivity index (χ1) is 7.72. The topological polar surface area (TPSA) is 50.1 Å². The van der Waals surface area contributed by atoms with Gasteiger partial charge in [0, 0.05) is 24.7 Å². The molecule has 0 saturated carbocycles. The highest BCUT2D eigenvalue weighted by molar-refractivity contribution is 5.64. The summed E-state index contributed by atoms with van der Waals surface area (Å²) in [5.74, 6) is 0.272. The molecule has 2 aromatic rings. The molecule has 0 amide bonds. The van der Waals surface area contributed by atoms with Crippen molar-refractivity contribution in [1.82, 2.24) is 15.1 Å². The molecule has 0 fully saturated rings. The van der Waals surface area contributed by atoms with E-state index in [-0.39, 0.29) is 5.75 Å². The molecule has 1 heterocycles. The number of hydrogen-bond donors (Lipinski definition) is 2. The van der Waals surface area contributed by atoms with Crippen LogP contribution >= 0.6 is 0 Å². The van der Waals surface area contributed by atoms with Gasteiger partial charge >= 0.3 is 0 Å². The molecule has 1 aromatic carbocycles. The molecule has 0 aliphatic carbocycles. The molecule has 1 aromatic heterocycles. The predicted molar refractivity (Wildman–Crippen MR) is 63.1 cm³/mol. The average molecular weight is 217 g/mol. The maximum atomic E-state index is 9.48. The van der Waals surface area contributed by atoms with Gasteiger partial charge in [-0.1, -0.05) is 12.1 Å². The standard InChI is InChI=1S/C12H15N3O/c1-13-7-10-8-14-15(2)12(10)9-4-3-5-11(16)6-9/h3-6,8,13,16H,7H2,1-2H3. The van der Waals surface area contributed by atoms with E-state index in [2.05, 4.69) is 10.4 Å². The number of aromatic hydroxyl groups is 1. The lowest BCUT2D eigenvalue weighted by Crippen LogP contribution is -2.06. The molecule has 0 bridgehead atoms. The summed E-state index contributed by atoms with van der Waals surface area (Å²) >= 11 is 0. The van der Waals surface area contributed by atoms with Crippen molar-refractivity contribution in [1.29, 1.82) is 0 Å². The van der Waals surface area contributed by atoms with Crippen LogP contribution in [-0.2, 0) is 13.6 Å². The zero-order valence-corrected chi connectivity index (χ0v) is 9.44. The molecular weight excluding hydrogens is 202 g/mol. The van der Waals surface area contributed by atoms with Gasteiger partial charge in [0.25, 0.3) is 0 Å². The Morgan fingerprint density at radius 1 is 1.44 bits per heavy atom. The van der Waals surface area contributed by atoms with E-state index in [4.69, 9.17) is 0 Å². The number of aromatic nitrogens is 2. The number of rotatable bonds is 3. The van der Waals surface area contributed by atoms with Crippen LogP contribution in [0.4, 0.5) is 0 Å². The Bertz CT molecular complexity index is 491. The maximum absolute atomic E-state index is 9.48. The van der Waals surface area contributed by atoms with Crippen LogP contribution in [0.1, 0.15) is 5.56 Å². The molecule has 0 atom stereocenters. The molecule has 4 heteroatoms. The van der Waals surface area contributed by atoms with Gasteiger partial charge in [-0.25, -0.2) is 0 Å². The Labute approximate surface area is 94.5 Å². The monoisotopic (exact) mass is 217 g/mol. The largest absolute Gasteiger partial charge is 0.508 e. The van der Waals surface area contributed by atoms with Crippen LogP contribution in [-0.4, -0.2) is 21.9 Å². The number of aryl methyl sites for hydroxylation is 1. The normalized spacial score (nSPS) is 10.6. The Balaban J connectivity index is 2.50. The molecular formula is C12H15N3O. The lowest BCUT2D eigenvalue weighted by molar-refractivity contribution is 0.475. The molecule has 0 aliphatic rings. The van der Waals surface area contributed by atoms with Gasteiger partial charge in [0.05, 0.1) is 11.9 Å². The van der Waals surface area contributed by atoms with Gasteiger partial charge in [-0.15, -0.1) is 0 Å². The Kier molecular flexibility index (Phi) is 2.92. The average Bonchev–Trinajstić information content (AvgIpc) is 2.60. The smallest absolute Gasteiger partial charge is 0.116 e. The summed E-state index contributed by atoms with van der Waals surface area (Å²) in [4.78, 5) is 0. The van der Waals surface area contributed by atoms with Crippen LogP contribution in [0.5, 0.6) is 5.75 Å². The number of phenolic OH excluding ortho intramolecular Hbond substituents is 1. The summed E-state index contributed by atoms with van der Waals surface area (Å²) in [6, 6.07) is 7.21. The third-order valence-electron chi connectivity index (χ3n) is 2.50. The fourth-order valence-corrected chi connectivity index (χ4v) is 1.83. The highest BCUT2D eigenvalue weighted by atomic mass is 16.3. The van der Waals surface area contributed by atoms with E-state index < -0.39 is 0 Å². The van der Waals surface area contributed by atoms with Crippen molar-refractivity contribution in [2.24, 2.45) is 7.05 Å². The molecule has 84 valence electrons. The molecule has 0 unspecified atom stereocenters. The van der Waals surface area contributed by atoms with Crippen molar-refractivity contribution in [3.63, 3.8) is 0 Å². The Hall–Kier alpha value is -1.81. The zero-order chi connectivity index (χ0) is 11.5. The van der Waals surface area contributed by atoms with Gasteiger partial charge < -0.3 is 10.4 Å². The summed E-state index contributed by atoms with van der Waals surface area (Å²) in [6.45, 7) is 0.763. The van der Waals surface area contributed by atoms with Crippen molar-refractivity contribution in [2.75, 3.05) is 7.05 Å². The molecule has 16 heavy (non-hydrogen) atoms. The van der Waals surface area contributed by atoms with E-state index in [0.717, 1.165) is 23.4 Å². The number of hydrogen-bond acceptors (Lipinski definition) is 3. The lowest BCUT2D eigenvalue weighted by Gasteiger charge is -2.06. The van der Waals surface area contributed by atoms with Gasteiger partial charge in [0.2, 0.25) is 0 Å². The number of nitrogens with zero attached hydrogens (tertiary/aromatic N) is 2. The molecule has 0 radical (unpaired) electrons. The van der Waals surface area contributed by atoms with Crippen molar-refractivity contribution in [2.45, 2.75) is 6.54 Å². The van der Waals surface area contributed by atoms with E-state index in [9.17, 15) is 5.11 Å². The summed E-state index contributed by atoms with van der Waals surface area (Å²) in [5, 5.41) is 16.8. The number of nitrogens with one attached hydrogen (secondary N) is 1. The van der Waals surface area contributed by atoms with Gasteiger partial charge in [0.1, 0.15) is 5.75 Å². The van der Waals surface area contributed by atoms with Crippen molar-refractivity contribution in [3.05, 3.63) is 36.0 Å². The summed E-state index contributed by atoms with van der Waals surface area (Å²) < 4.78 is 1.82. The van der Waals surface area contributed by atoms with Crippen LogP contribution in [0.2, 0.25) is 0 Å². The van der Waals surface area contributed by atoms with Crippen LogP contribution < -0.4 is 5.32 Å². The Morgan fingerprint density at radius 3 is 2.94 bits per heavy atom. The second kappa shape index (κ2) is 4.37. The Morgan fingerprint density at radius 2 is 2.25 bits per heavy atom. The van der Waals surface area contributed by atoms with Gasteiger partial charge in [-0.2, -0.15) is 5.10 Å². The second-order valence-corrected chi connectivity index (χ2v) is 3.72. The minimum atomic E-state index is 0.272. The van der Waals surface area contributed by atoms with Crippen molar-refractivity contribution >= 4 is 0 Å². The van der Waals surface area contributed by atoms with Crippen LogP contribution in [0.25, 0.3) is 11.3 Å². The summed E-state index contributed by atoms with van der Waals surface area (Å²) in [5.41, 5.74) is 3.13. The van der Waals surface area contributed by atoms with Gasteiger partial charge in [-0.05, 0) is 19.2 Å². The summed E-state index contributed by atoms with van der Waals surface area (Å²) in [7, 11) is 3.80. The highest BCUT2D eigenvalue weighted by Gasteiger charge is 2.10. The molecule has 4 nitrogen and oxygen atoms in total. The first-order valence-corrected chi connectivity index (χ1v) is 5.17. The minimum Gasteiger partial charge on any atom is -0.508 e. The SMILES string of the molecule is CNCc1cnn(C)c1-c1cccc(O)c1. The molecule has 0 saturated heterocycles. The predicted octanol–water partition coefficient (Wildman–Crippen LogP) is 1.51. The van der Waals surface area contributed by atoms with Crippen LogP contribution in [0.3, 0.4) is 0 Å². The van der Waals surface area contributed by atoms with Crippen LogP contribution in [0, 0.1) is 0 Å². The minimum absolute atomic E-state index is 0.272. The number of benzene rings is 1. The van der Waals surface area contributed by atoms with Crippen molar-refractivity contribution in [3.8, 4) is 17.0 Å². The van der Waals surface area contributed by atoms with Gasteiger partial charge in [0.15, 0.2) is 0 Å². The zero-order valence-electron chi connectivity index (χ0n) is 9.44. The third-order valence-corrected chi connectivity index (χ3v) is 2.50. The maximum Gasteiger partial charge on any atom is 0.116 e. The van der Waals surface area contributed by atoms with Crippen LogP contribution in [0.15, 0.2) is 30.5 Å². The first-order valence-electron chi connectivity index (χ1n) is 5.17. The molecule has 2 N–H and O–H groups in total. The first kappa shape index (κ1) is 10.7. The number of phenols is 1. The van der Waals surface area contributed by atoms with E-state index >= 15 is 0 Å². The fourth-order valence-electron chi connectivity index (χ4n) is 1.83. The lowest BCUT2D eigenvalue weighted by atomic mass is 10.1. The molecule has 0 spiro atoms. The third kappa shape index (κ3) is 1.92.